The minimum atomic E-state index is 0.00431. The van der Waals surface area contributed by atoms with Gasteiger partial charge in [-0.05, 0) is 60.9 Å². The number of nitrogens with zero attached hydrogens (tertiary/aromatic N) is 1. The van der Waals surface area contributed by atoms with Crippen LogP contribution in [0.2, 0.25) is 5.02 Å². The molecule has 0 bridgehead atoms. The number of halogens is 1. The Morgan fingerprint density at radius 3 is 2.84 bits per heavy atom. The maximum atomic E-state index is 12.3. The average molecular weight is 444 g/mol. The summed E-state index contributed by atoms with van der Waals surface area (Å²) in [5, 5.41) is 5.76. The van der Waals surface area contributed by atoms with Gasteiger partial charge in [0, 0.05) is 27.7 Å². The number of amides is 1. The number of carbonyl (C=O) groups is 1. The maximum Gasteiger partial charge on any atom is 0.220 e. The van der Waals surface area contributed by atoms with E-state index in [2.05, 4.69) is 22.4 Å². The number of hydrogen-bond acceptors (Lipinski definition) is 3. The Bertz CT molecular complexity index is 1390. The smallest absolute Gasteiger partial charge is 0.220 e. The number of aryl methyl sites for hydroxylation is 1. The molecule has 0 radical (unpaired) electrons. The summed E-state index contributed by atoms with van der Waals surface area (Å²) < 4.78 is 5.26. The molecule has 32 heavy (non-hydrogen) atoms. The van der Waals surface area contributed by atoms with Gasteiger partial charge >= 0.3 is 0 Å². The topological polar surface area (TPSA) is 70.9 Å². The predicted molar refractivity (Wildman–Crippen MR) is 128 cm³/mol. The zero-order chi connectivity index (χ0) is 21.9. The lowest BCUT2D eigenvalue weighted by atomic mass is 10.0. The number of aromatic amines is 1. The Balaban J connectivity index is 1.39. The van der Waals surface area contributed by atoms with E-state index in [4.69, 9.17) is 21.0 Å². The molecule has 0 saturated carbocycles. The van der Waals surface area contributed by atoms with E-state index < -0.39 is 0 Å². The number of hydrogen-bond donors (Lipinski definition) is 2. The first-order valence-electron chi connectivity index (χ1n) is 10.6. The van der Waals surface area contributed by atoms with Gasteiger partial charge < -0.3 is 14.7 Å². The van der Waals surface area contributed by atoms with Crippen LogP contribution in [-0.2, 0) is 17.8 Å². The molecule has 2 aromatic carbocycles. The van der Waals surface area contributed by atoms with E-state index in [-0.39, 0.29) is 5.91 Å². The molecule has 5 nitrogen and oxygen atoms in total. The summed E-state index contributed by atoms with van der Waals surface area (Å²) in [7, 11) is 0. The van der Waals surface area contributed by atoms with Crippen LogP contribution >= 0.6 is 11.6 Å². The van der Waals surface area contributed by atoms with Crippen molar-refractivity contribution in [2.45, 2.75) is 25.8 Å². The molecule has 3 aromatic heterocycles. The lowest BCUT2D eigenvalue weighted by Crippen LogP contribution is -2.22. The van der Waals surface area contributed by atoms with Crippen LogP contribution in [0.4, 0.5) is 0 Å². The molecule has 0 fully saturated rings. The first kappa shape index (κ1) is 20.3. The highest BCUT2D eigenvalue weighted by molar-refractivity contribution is 6.31. The minimum Gasteiger partial charge on any atom is -0.467 e. The van der Waals surface area contributed by atoms with Crippen LogP contribution in [0.25, 0.3) is 33.2 Å². The largest absolute Gasteiger partial charge is 0.467 e. The molecular formula is C26H22ClN3O2. The van der Waals surface area contributed by atoms with E-state index in [1.165, 1.54) is 0 Å². The fraction of sp³-hybridized carbons (Fsp3) is 0.154. The van der Waals surface area contributed by atoms with Crippen molar-refractivity contribution in [3.8, 4) is 11.4 Å². The van der Waals surface area contributed by atoms with E-state index in [0.717, 1.165) is 50.9 Å². The van der Waals surface area contributed by atoms with Crippen molar-refractivity contribution >= 4 is 39.3 Å². The molecule has 0 spiro atoms. The van der Waals surface area contributed by atoms with Gasteiger partial charge in [0.1, 0.15) is 5.76 Å². The molecule has 0 aliphatic rings. The Morgan fingerprint density at radius 1 is 1.06 bits per heavy atom. The number of H-pyrrole nitrogens is 1. The van der Waals surface area contributed by atoms with Crippen molar-refractivity contribution in [1.82, 2.24) is 15.3 Å². The number of nitrogens with one attached hydrogen (secondary N) is 2. The van der Waals surface area contributed by atoms with Crippen LogP contribution in [0.15, 0.2) is 77.4 Å². The van der Waals surface area contributed by atoms with Crippen molar-refractivity contribution in [3.63, 3.8) is 0 Å². The molecule has 0 atom stereocenters. The molecular weight excluding hydrogens is 422 g/mol. The lowest BCUT2D eigenvalue weighted by Gasteiger charge is -2.07. The molecule has 0 aliphatic carbocycles. The molecule has 0 aliphatic heterocycles. The third-order valence-electron chi connectivity index (χ3n) is 5.59. The van der Waals surface area contributed by atoms with Gasteiger partial charge in [0.25, 0.3) is 0 Å². The fourth-order valence-electron chi connectivity index (χ4n) is 4.02. The summed E-state index contributed by atoms with van der Waals surface area (Å²) in [5.41, 5.74) is 4.95. The van der Waals surface area contributed by atoms with Crippen molar-refractivity contribution in [2.75, 3.05) is 0 Å². The summed E-state index contributed by atoms with van der Waals surface area (Å²) in [6.07, 6.45) is 3.48. The number of para-hydroxylation sites is 1. The van der Waals surface area contributed by atoms with Gasteiger partial charge in [-0.15, -0.1) is 0 Å². The molecule has 2 N–H and O–H groups in total. The minimum absolute atomic E-state index is 0.00431. The van der Waals surface area contributed by atoms with E-state index in [1.54, 1.807) is 6.26 Å². The summed E-state index contributed by atoms with van der Waals surface area (Å²) in [6.45, 7) is 0.404. The molecule has 3 heterocycles. The second kappa shape index (κ2) is 8.89. The van der Waals surface area contributed by atoms with Gasteiger partial charge in [-0.2, -0.15) is 0 Å². The standard InChI is InChI=1S/C26H22ClN3O2/c27-18-11-13-23-21(15-18)20(7-3-9-25(31)28-16-19-6-4-14-32-19)26(30-23)24-12-10-17-5-1-2-8-22(17)29-24/h1-2,4-6,8,10-15,30H,3,7,9,16H2,(H,28,31). The van der Waals surface area contributed by atoms with Crippen LogP contribution in [0.3, 0.4) is 0 Å². The number of benzene rings is 2. The van der Waals surface area contributed by atoms with E-state index >= 15 is 0 Å². The zero-order valence-corrected chi connectivity index (χ0v) is 18.2. The van der Waals surface area contributed by atoms with E-state index in [9.17, 15) is 4.79 Å². The predicted octanol–water partition coefficient (Wildman–Crippen LogP) is 6.27. The highest BCUT2D eigenvalue weighted by Crippen LogP contribution is 2.33. The average Bonchev–Trinajstić information content (AvgIpc) is 3.45. The Hall–Kier alpha value is -3.57. The number of fused-ring (bicyclic) bond motifs is 2. The number of rotatable bonds is 7. The fourth-order valence-corrected chi connectivity index (χ4v) is 4.19. The van der Waals surface area contributed by atoms with Gasteiger partial charge in [-0.3, -0.25) is 4.79 Å². The number of aromatic nitrogens is 2. The summed E-state index contributed by atoms with van der Waals surface area (Å²) in [6, 6.07) is 21.7. The molecule has 5 rings (SSSR count). The number of carbonyl (C=O) groups excluding carboxylic acids is 1. The van der Waals surface area contributed by atoms with Gasteiger partial charge in [-0.25, -0.2) is 4.98 Å². The van der Waals surface area contributed by atoms with Gasteiger partial charge in [0.05, 0.1) is 29.7 Å². The number of furan rings is 1. The molecule has 0 unspecified atom stereocenters. The molecule has 0 saturated heterocycles. The Kier molecular flexibility index (Phi) is 5.65. The first-order chi connectivity index (χ1) is 15.7. The van der Waals surface area contributed by atoms with Crippen LogP contribution in [0.5, 0.6) is 0 Å². The zero-order valence-electron chi connectivity index (χ0n) is 17.4. The summed E-state index contributed by atoms with van der Waals surface area (Å²) in [4.78, 5) is 20.7. The highest BCUT2D eigenvalue weighted by atomic mass is 35.5. The van der Waals surface area contributed by atoms with Crippen LogP contribution in [0, 0.1) is 0 Å². The van der Waals surface area contributed by atoms with Crippen molar-refractivity contribution in [2.24, 2.45) is 0 Å². The third-order valence-corrected chi connectivity index (χ3v) is 5.83. The van der Waals surface area contributed by atoms with Crippen molar-refractivity contribution in [3.05, 3.63) is 89.3 Å². The van der Waals surface area contributed by atoms with Crippen LogP contribution in [0.1, 0.15) is 24.2 Å². The maximum absolute atomic E-state index is 12.3. The van der Waals surface area contributed by atoms with E-state index in [1.807, 2.05) is 54.6 Å². The highest BCUT2D eigenvalue weighted by Gasteiger charge is 2.16. The molecule has 6 heteroatoms. The third kappa shape index (κ3) is 4.25. The van der Waals surface area contributed by atoms with Gasteiger partial charge in [-0.1, -0.05) is 35.9 Å². The second-order valence-corrected chi connectivity index (χ2v) is 8.20. The van der Waals surface area contributed by atoms with Gasteiger partial charge in [0.15, 0.2) is 0 Å². The van der Waals surface area contributed by atoms with E-state index in [0.29, 0.717) is 24.4 Å². The number of pyridine rings is 1. The summed E-state index contributed by atoms with van der Waals surface area (Å²) in [5.74, 6) is 0.749. The molecule has 1 amide bonds. The van der Waals surface area contributed by atoms with Gasteiger partial charge in [0.2, 0.25) is 5.91 Å². The second-order valence-electron chi connectivity index (χ2n) is 7.77. The lowest BCUT2D eigenvalue weighted by molar-refractivity contribution is -0.121. The quantitative estimate of drug-likeness (QED) is 0.311. The summed E-state index contributed by atoms with van der Waals surface area (Å²) >= 11 is 6.30. The van der Waals surface area contributed by atoms with Crippen molar-refractivity contribution < 1.29 is 9.21 Å². The molecule has 5 aromatic rings. The SMILES string of the molecule is O=C(CCCc1c(-c2ccc3ccccc3n2)[nH]c2ccc(Cl)cc12)NCc1ccco1. The molecule has 160 valence electrons. The normalized spacial score (nSPS) is 11.3. The first-order valence-corrected chi connectivity index (χ1v) is 11.0. The van der Waals surface area contributed by atoms with Crippen LogP contribution < -0.4 is 5.32 Å². The van der Waals surface area contributed by atoms with Crippen molar-refractivity contribution in [1.29, 1.82) is 0 Å². The Morgan fingerprint density at radius 2 is 1.97 bits per heavy atom. The van der Waals surface area contributed by atoms with Crippen LogP contribution in [-0.4, -0.2) is 15.9 Å². The Labute approximate surface area is 190 Å². The monoisotopic (exact) mass is 443 g/mol.